The molecule has 1 aliphatic rings. The van der Waals surface area contributed by atoms with Gasteiger partial charge in [-0.2, -0.15) is 0 Å². The number of carbonyl (C=O) groups excluding carboxylic acids is 2. The molecule has 12 heteroatoms. The number of fused-ring (bicyclic) bond motifs is 1. The van der Waals surface area contributed by atoms with Gasteiger partial charge in [0.15, 0.2) is 11.5 Å². The Morgan fingerprint density at radius 1 is 1.10 bits per heavy atom. The summed E-state index contributed by atoms with van der Waals surface area (Å²) in [6, 6.07) is 13.1. The molecule has 41 heavy (non-hydrogen) atoms. The van der Waals surface area contributed by atoms with Crippen molar-refractivity contribution in [3.63, 3.8) is 0 Å². The lowest BCUT2D eigenvalue weighted by molar-refractivity contribution is -0.142. The summed E-state index contributed by atoms with van der Waals surface area (Å²) in [7, 11) is 4.49. The van der Waals surface area contributed by atoms with Crippen LogP contribution in [0.5, 0.6) is 17.2 Å². The van der Waals surface area contributed by atoms with Gasteiger partial charge in [0.2, 0.25) is 17.6 Å². The van der Waals surface area contributed by atoms with Gasteiger partial charge in [-0.3, -0.25) is 9.59 Å². The van der Waals surface area contributed by atoms with Crippen LogP contribution in [0.2, 0.25) is 0 Å². The predicted molar refractivity (Wildman–Crippen MR) is 148 cm³/mol. The van der Waals surface area contributed by atoms with Crippen LogP contribution in [0.3, 0.4) is 0 Å². The molecule has 3 heterocycles. The SMILES string of the molecule is COc1cc([C@@H](C(=O)NC[C@@H]2CCCO2)N(Cc2ccco2)C(=O)Cn2nnc3ccccc32)cc(OC)c1OC. The summed E-state index contributed by atoms with van der Waals surface area (Å²) < 4.78 is 29.5. The van der Waals surface area contributed by atoms with Crippen LogP contribution in [0, 0.1) is 0 Å². The van der Waals surface area contributed by atoms with Gasteiger partial charge in [-0.25, -0.2) is 4.68 Å². The van der Waals surface area contributed by atoms with Crippen LogP contribution in [0.15, 0.2) is 59.2 Å². The first kappa shape index (κ1) is 28.0. The van der Waals surface area contributed by atoms with Crippen molar-refractivity contribution >= 4 is 22.8 Å². The minimum atomic E-state index is -1.09. The van der Waals surface area contributed by atoms with Crippen molar-refractivity contribution in [3.8, 4) is 17.2 Å². The van der Waals surface area contributed by atoms with E-state index in [1.165, 1.54) is 37.2 Å². The van der Waals surface area contributed by atoms with E-state index in [1.54, 1.807) is 24.3 Å². The average Bonchev–Trinajstić information content (AvgIpc) is 3.78. The topological polar surface area (TPSA) is 130 Å². The molecule has 2 aromatic heterocycles. The molecule has 0 unspecified atom stereocenters. The highest BCUT2D eigenvalue weighted by Crippen LogP contribution is 2.41. The lowest BCUT2D eigenvalue weighted by atomic mass is 10.0. The van der Waals surface area contributed by atoms with Gasteiger partial charge in [0.05, 0.1) is 45.8 Å². The molecular weight excluding hydrogens is 530 g/mol. The van der Waals surface area contributed by atoms with Crippen molar-refractivity contribution in [3.05, 3.63) is 66.1 Å². The third kappa shape index (κ3) is 6.12. The highest BCUT2D eigenvalue weighted by Gasteiger charge is 2.35. The van der Waals surface area contributed by atoms with E-state index in [-0.39, 0.29) is 25.1 Å². The van der Waals surface area contributed by atoms with Crippen molar-refractivity contribution in [2.75, 3.05) is 34.5 Å². The van der Waals surface area contributed by atoms with E-state index >= 15 is 0 Å². The second-order valence-corrected chi connectivity index (χ2v) is 9.58. The number of furan rings is 1. The Balaban J connectivity index is 1.56. The Morgan fingerprint density at radius 2 is 1.88 bits per heavy atom. The van der Waals surface area contributed by atoms with Crippen molar-refractivity contribution in [1.29, 1.82) is 0 Å². The molecule has 4 aromatic rings. The molecule has 2 aromatic carbocycles. The number of ether oxygens (including phenoxy) is 4. The number of para-hydroxylation sites is 1. The molecule has 12 nitrogen and oxygen atoms in total. The highest BCUT2D eigenvalue weighted by molar-refractivity contribution is 5.89. The van der Waals surface area contributed by atoms with Crippen molar-refractivity contribution in [2.24, 2.45) is 0 Å². The normalized spacial score (nSPS) is 15.4. The van der Waals surface area contributed by atoms with Gasteiger partial charge in [-0.05, 0) is 54.8 Å². The molecule has 5 rings (SSSR count). The van der Waals surface area contributed by atoms with Crippen LogP contribution >= 0.6 is 0 Å². The monoisotopic (exact) mass is 563 g/mol. The molecule has 1 fully saturated rings. The van der Waals surface area contributed by atoms with Crippen molar-refractivity contribution in [2.45, 2.75) is 38.1 Å². The van der Waals surface area contributed by atoms with E-state index < -0.39 is 11.9 Å². The molecule has 1 N–H and O–H groups in total. The number of methoxy groups -OCH3 is 3. The minimum Gasteiger partial charge on any atom is -0.493 e. The first-order valence-electron chi connectivity index (χ1n) is 13.3. The maximum absolute atomic E-state index is 14.1. The Labute approximate surface area is 237 Å². The number of hydrogen-bond donors (Lipinski definition) is 1. The zero-order valence-corrected chi connectivity index (χ0v) is 23.2. The van der Waals surface area contributed by atoms with Gasteiger partial charge in [0.1, 0.15) is 23.9 Å². The van der Waals surface area contributed by atoms with Crippen LogP contribution in [0.25, 0.3) is 11.0 Å². The molecule has 1 saturated heterocycles. The summed E-state index contributed by atoms with van der Waals surface area (Å²) in [6.45, 7) is 0.844. The standard InChI is InChI=1S/C29H33N5O7/c1-37-24-14-19(15-25(38-2)28(24)39-3)27(29(36)30-16-20-8-6-12-40-20)33(17-21-9-7-13-41-21)26(35)18-34-23-11-5-4-10-22(23)31-32-34/h4-5,7,9-11,13-15,20,27H,6,8,12,16-18H2,1-3H3,(H,30,36)/t20-,27-/m0/s1. The molecule has 2 amide bonds. The number of carbonyl (C=O) groups is 2. The van der Waals surface area contributed by atoms with E-state index in [1.807, 2.05) is 24.3 Å². The molecule has 2 atom stereocenters. The number of amides is 2. The number of nitrogens with zero attached hydrogens (tertiary/aromatic N) is 4. The molecule has 216 valence electrons. The quantitative estimate of drug-likeness (QED) is 0.276. The van der Waals surface area contributed by atoms with Gasteiger partial charge < -0.3 is 33.6 Å². The van der Waals surface area contributed by atoms with Crippen molar-refractivity contribution in [1.82, 2.24) is 25.2 Å². The van der Waals surface area contributed by atoms with Gasteiger partial charge >= 0.3 is 0 Å². The maximum atomic E-state index is 14.1. The number of aromatic nitrogens is 3. The maximum Gasteiger partial charge on any atom is 0.247 e. The Hall–Kier alpha value is -4.58. The van der Waals surface area contributed by atoms with Crippen LogP contribution < -0.4 is 19.5 Å². The van der Waals surface area contributed by atoms with Gasteiger partial charge in [0.25, 0.3) is 0 Å². The van der Waals surface area contributed by atoms with Crippen LogP contribution in [-0.2, 0) is 27.4 Å². The second-order valence-electron chi connectivity index (χ2n) is 9.58. The van der Waals surface area contributed by atoms with Crippen LogP contribution in [-0.4, -0.2) is 72.3 Å². The average molecular weight is 564 g/mol. The Kier molecular flexibility index (Phi) is 8.68. The molecule has 1 aliphatic heterocycles. The summed E-state index contributed by atoms with van der Waals surface area (Å²) in [5, 5.41) is 11.3. The third-order valence-electron chi connectivity index (χ3n) is 7.02. The van der Waals surface area contributed by atoms with Gasteiger partial charge in [-0.15, -0.1) is 5.10 Å². The number of nitrogens with one attached hydrogen (secondary N) is 1. The molecule has 0 aliphatic carbocycles. The Bertz CT molecular complexity index is 1450. The lowest BCUT2D eigenvalue weighted by Crippen LogP contribution is -2.46. The smallest absolute Gasteiger partial charge is 0.247 e. The Morgan fingerprint density at radius 3 is 2.54 bits per heavy atom. The first-order chi connectivity index (χ1) is 20.0. The molecule has 0 radical (unpaired) electrons. The molecule has 0 spiro atoms. The van der Waals surface area contributed by atoms with E-state index in [9.17, 15) is 9.59 Å². The zero-order chi connectivity index (χ0) is 28.8. The van der Waals surface area contributed by atoms with Crippen molar-refractivity contribution < 1.29 is 33.0 Å². The first-order valence-corrected chi connectivity index (χ1v) is 13.3. The number of rotatable bonds is 12. The molecule has 0 bridgehead atoms. The third-order valence-corrected chi connectivity index (χ3v) is 7.02. The van der Waals surface area contributed by atoms with Crippen LogP contribution in [0.1, 0.15) is 30.2 Å². The van der Waals surface area contributed by atoms with E-state index in [2.05, 4.69) is 15.6 Å². The van der Waals surface area contributed by atoms with E-state index in [4.69, 9.17) is 23.4 Å². The zero-order valence-electron chi connectivity index (χ0n) is 23.2. The summed E-state index contributed by atoms with van der Waals surface area (Å²) >= 11 is 0. The highest BCUT2D eigenvalue weighted by atomic mass is 16.5. The largest absolute Gasteiger partial charge is 0.493 e. The second kappa shape index (κ2) is 12.7. The lowest BCUT2D eigenvalue weighted by Gasteiger charge is -2.31. The van der Waals surface area contributed by atoms with Crippen LogP contribution in [0.4, 0.5) is 0 Å². The fourth-order valence-electron chi connectivity index (χ4n) is 5.00. The summed E-state index contributed by atoms with van der Waals surface area (Å²) in [6.07, 6.45) is 3.22. The summed E-state index contributed by atoms with van der Waals surface area (Å²) in [5.41, 5.74) is 1.83. The van der Waals surface area contributed by atoms with E-state index in [0.717, 1.165) is 12.8 Å². The number of benzene rings is 2. The van der Waals surface area contributed by atoms with Gasteiger partial charge in [0, 0.05) is 13.2 Å². The summed E-state index contributed by atoms with van der Waals surface area (Å²) in [5.74, 6) is 0.820. The van der Waals surface area contributed by atoms with E-state index in [0.29, 0.717) is 52.8 Å². The minimum absolute atomic E-state index is 0.0210. The number of hydrogen-bond acceptors (Lipinski definition) is 9. The molecular formula is C29H33N5O7. The fourth-order valence-corrected chi connectivity index (χ4v) is 5.00. The predicted octanol–water partition coefficient (Wildman–Crippen LogP) is 3.12. The molecule has 0 saturated carbocycles. The van der Waals surface area contributed by atoms with Gasteiger partial charge in [-0.1, -0.05) is 17.3 Å². The summed E-state index contributed by atoms with van der Waals surface area (Å²) in [4.78, 5) is 29.6. The fraction of sp³-hybridized carbons (Fsp3) is 0.379.